The van der Waals surface area contributed by atoms with Crippen LogP contribution in [0.2, 0.25) is 5.02 Å². The van der Waals surface area contributed by atoms with Crippen LogP contribution >= 0.6 is 11.6 Å². The molecule has 20 heavy (non-hydrogen) atoms. The lowest BCUT2D eigenvalue weighted by Crippen LogP contribution is -2.03. The van der Waals surface area contributed by atoms with Crippen molar-refractivity contribution in [1.82, 2.24) is 4.98 Å². The lowest BCUT2D eigenvalue weighted by molar-refractivity contribution is -0.110. The molecule has 6 heteroatoms. The molecule has 1 N–H and O–H groups in total. The van der Waals surface area contributed by atoms with Gasteiger partial charge in [-0.15, -0.1) is 0 Å². The minimum atomic E-state index is -0.620. The van der Waals surface area contributed by atoms with Crippen molar-refractivity contribution in [3.05, 3.63) is 58.4 Å². The summed E-state index contributed by atoms with van der Waals surface area (Å²) in [5, 5.41) is 2.44. The summed E-state index contributed by atoms with van der Waals surface area (Å²) in [4.78, 5) is 15.7. The predicted molar refractivity (Wildman–Crippen MR) is 72.1 cm³/mol. The van der Waals surface area contributed by atoms with Crippen molar-refractivity contribution in [1.29, 1.82) is 0 Å². The molecule has 1 amide bonds. The van der Waals surface area contributed by atoms with Crippen LogP contribution in [0.5, 0.6) is 0 Å². The summed E-state index contributed by atoms with van der Waals surface area (Å²) in [5.74, 6) is -1.64. The molecule has 0 atom stereocenters. The van der Waals surface area contributed by atoms with Crippen molar-refractivity contribution >= 4 is 34.8 Å². The third kappa shape index (κ3) is 2.06. The van der Waals surface area contributed by atoms with Gasteiger partial charge >= 0.3 is 0 Å². The minimum absolute atomic E-state index is 0.0370. The number of anilines is 1. The summed E-state index contributed by atoms with van der Waals surface area (Å²) in [6.07, 6.45) is 2.34. The predicted octanol–water partition coefficient (Wildman–Crippen LogP) is 3.51. The Morgan fingerprint density at radius 1 is 1.30 bits per heavy atom. The average molecular weight is 293 g/mol. The molecule has 2 aromatic rings. The standard InChI is InChI=1S/C14H7ClF2N2O/c15-10-3-1-2-7(12(10)17)4-9-13-11(19-14(9)20)5-8(16)6-18-13/h1-6H,(H,19,20). The molecule has 3 rings (SSSR count). The number of pyridine rings is 1. The van der Waals surface area contributed by atoms with Crippen molar-refractivity contribution in [2.24, 2.45) is 0 Å². The van der Waals surface area contributed by atoms with Crippen molar-refractivity contribution in [3.63, 3.8) is 0 Å². The largest absolute Gasteiger partial charge is 0.320 e. The molecule has 0 saturated carbocycles. The van der Waals surface area contributed by atoms with Crippen LogP contribution < -0.4 is 5.32 Å². The van der Waals surface area contributed by atoms with Crippen LogP contribution in [0.3, 0.4) is 0 Å². The zero-order valence-electron chi connectivity index (χ0n) is 9.95. The van der Waals surface area contributed by atoms with E-state index in [0.29, 0.717) is 0 Å². The number of carbonyl (C=O) groups is 1. The number of hydrogen-bond donors (Lipinski definition) is 1. The molecule has 1 aromatic carbocycles. The number of benzene rings is 1. The molecule has 0 aliphatic carbocycles. The molecule has 0 radical (unpaired) electrons. The van der Waals surface area contributed by atoms with Gasteiger partial charge in [-0.25, -0.2) is 8.78 Å². The van der Waals surface area contributed by atoms with Crippen molar-refractivity contribution in [2.45, 2.75) is 0 Å². The number of nitrogens with zero attached hydrogens (tertiary/aromatic N) is 1. The Morgan fingerprint density at radius 2 is 2.10 bits per heavy atom. The molecule has 1 aromatic heterocycles. The first-order valence-electron chi connectivity index (χ1n) is 5.69. The zero-order valence-corrected chi connectivity index (χ0v) is 10.7. The summed E-state index contributed by atoms with van der Waals surface area (Å²) < 4.78 is 26.9. The Hall–Kier alpha value is -2.27. The molecule has 1 aliphatic rings. The van der Waals surface area contributed by atoms with E-state index in [9.17, 15) is 13.6 Å². The molecule has 0 fully saturated rings. The van der Waals surface area contributed by atoms with E-state index in [2.05, 4.69) is 10.3 Å². The minimum Gasteiger partial charge on any atom is -0.320 e. The number of nitrogens with one attached hydrogen (secondary N) is 1. The van der Waals surface area contributed by atoms with Gasteiger partial charge in [-0.1, -0.05) is 23.7 Å². The molecule has 0 spiro atoms. The topological polar surface area (TPSA) is 42.0 Å². The van der Waals surface area contributed by atoms with Crippen molar-refractivity contribution in [2.75, 3.05) is 5.32 Å². The van der Waals surface area contributed by atoms with Gasteiger partial charge in [0.2, 0.25) is 0 Å². The quantitative estimate of drug-likeness (QED) is 0.817. The summed E-state index contributed by atoms with van der Waals surface area (Å²) in [5.41, 5.74) is 0.891. The second-order valence-electron chi connectivity index (χ2n) is 4.20. The van der Waals surface area contributed by atoms with E-state index in [1.54, 1.807) is 6.07 Å². The number of fused-ring (bicyclic) bond motifs is 1. The lowest BCUT2D eigenvalue weighted by atomic mass is 10.1. The third-order valence-electron chi connectivity index (χ3n) is 2.88. The Morgan fingerprint density at radius 3 is 2.90 bits per heavy atom. The highest BCUT2D eigenvalue weighted by Crippen LogP contribution is 2.32. The zero-order chi connectivity index (χ0) is 14.3. The van der Waals surface area contributed by atoms with Gasteiger partial charge in [-0.2, -0.15) is 0 Å². The van der Waals surface area contributed by atoms with Crippen LogP contribution in [0.25, 0.3) is 11.6 Å². The van der Waals surface area contributed by atoms with Gasteiger partial charge in [0.15, 0.2) is 0 Å². The van der Waals surface area contributed by atoms with Gasteiger partial charge in [0.25, 0.3) is 5.91 Å². The van der Waals surface area contributed by atoms with Crippen LogP contribution in [0.15, 0.2) is 30.5 Å². The molecule has 0 bridgehead atoms. The maximum absolute atomic E-state index is 13.8. The summed E-state index contributed by atoms with van der Waals surface area (Å²) in [7, 11) is 0. The molecule has 1 aliphatic heterocycles. The van der Waals surface area contributed by atoms with Gasteiger partial charge in [0.1, 0.15) is 11.6 Å². The van der Waals surface area contributed by atoms with Crippen LogP contribution in [0, 0.1) is 11.6 Å². The van der Waals surface area contributed by atoms with E-state index in [4.69, 9.17) is 11.6 Å². The maximum Gasteiger partial charge on any atom is 0.258 e. The first kappa shape index (κ1) is 12.7. The van der Waals surface area contributed by atoms with E-state index >= 15 is 0 Å². The van der Waals surface area contributed by atoms with E-state index in [0.717, 1.165) is 12.3 Å². The fraction of sp³-hybridized carbons (Fsp3) is 0. The van der Waals surface area contributed by atoms with E-state index in [-0.39, 0.29) is 27.5 Å². The molecule has 100 valence electrons. The second-order valence-corrected chi connectivity index (χ2v) is 4.61. The SMILES string of the molecule is O=C1Nc2cc(F)cnc2C1=Cc1cccc(Cl)c1F. The van der Waals surface area contributed by atoms with Crippen LogP contribution in [-0.4, -0.2) is 10.9 Å². The monoisotopic (exact) mass is 292 g/mol. The smallest absolute Gasteiger partial charge is 0.258 e. The fourth-order valence-corrected chi connectivity index (χ4v) is 2.15. The summed E-state index contributed by atoms with van der Waals surface area (Å²) in [6.45, 7) is 0. The maximum atomic E-state index is 13.8. The van der Waals surface area contributed by atoms with E-state index < -0.39 is 17.5 Å². The number of carbonyl (C=O) groups excluding carboxylic acids is 1. The van der Waals surface area contributed by atoms with Gasteiger partial charge in [0, 0.05) is 11.6 Å². The van der Waals surface area contributed by atoms with Crippen LogP contribution in [0.1, 0.15) is 11.3 Å². The highest BCUT2D eigenvalue weighted by Gasteiger charge is 2.26. The molecular formula is C14H7ClF2N2O. The third-order valence-corrected chi connectivity index (χ3v) is 3.18. The first-order chi connectivity index (χ1) is 9.56. The van der Waals surface area contributed by atoms with Crippen molar-refractivity contribution < 1.29 is 13.6 Å². The number of amides is 1. The van der Waals surface area contributed by atoms with Gasteiger partial charge in [0.05, 0.1) is 28.2 Å². The van der Waals surface area contributed by atoms with Gasteiger partial charge in [-0.05, 0) is 12.1 Å². The highest BCUT2D eigenvalue weighted by atomic mass is 35.5. The summed E-state index contributed by atoms with van der Waals surface area (Å²) >= 11 is 5.69. The van der Waals surface area contributed by atoms with E-state index in [1.807, 2.05) is 0 Å². The van der Waals surface area contributed by atoms with E-state index in [1.165, 1.54) is 18.2 Å². The lowest BCUT2D eigenvalue weighted by Gasteiger charge is -2.01. The number of rotatable bonds is 1. The van der Waals surface area contributed by atoms with Gasteiger partial charge < -0.3 is 5.32 Å². The Bertz CT molecular complexity index is 759. The first-order valence-corrected chi connectivity index (χ1v) is 6.07. The van der Waals surface area contributed by atoms with Crippen molar-refractivity contribution in [3.8, 4) is 0 Å². The molecule has 3 nitrogen and oxygen atoms in total. The van der Waals surface area contributed by atoms with Crippen LogP contribution in [0.4, 0.5) is 14.5 Å². The fourth-order valence-electron chi connectivity index (χ4n) is 1.97. The molecule has 0 saturated heterocycles. The Balaban J connectivity index is 2.14. The van der Waals surface area contributed by atoms with Gasteiger partial charge in [-0.3, -0.25) is 9.78 Å². The molecular weight excluding hydrogens is 286 g/mol. The Labute approximate surface area is 117 Å². The molecule has 0 unspecified atom stereocenters. The average Bonchev–Trinajstić information content (AvgIpc) is 2.70. The molecule has 2 heterocycles. The normalized spacial score (nSPS) is 15.3. The number of hydrogen-bond acceptors (Lipinski definition) is 2. The van der Waals surface area contributed by atoms with Crippen LogP contribution in [-0.2, 0) is 4.79 Å². The summed E-state index contributed by atoms with van der Waals surface area (Å²) in [6, 6.07) is 5.64. The number of halogens is 3. The second kappa shape index (κ2) is 4.68. The Kier molecular flexibility index (Phi) is 2.99. The highest BCUT2D eigenvalue weighted by molar-refractivity contribution is 6.34. The number of aromatic nitrogens is 1.